The number of anilines is 1. The highest BCUT2D eigenvalue weighted by molar-refractivity contribution is 6.66. The van der Waals surface area contributed by atoms with E-state index in [0.717, 1.165) is 43.6 Å². The molecule has 140 valence electrons. The van der Waals surface area contributed by atoms with Gasteiger partial charge in [0, 0.05) is 18.2 Å². The summed E-state index contributed by atoms with van der Waals surface area (Å²) in [6.07, 6.45) is 2.20. The highest BCUT2D eigenvalue weighted by Crippen LogP contribution is 2.37. The number of nitrogens with zero attached hydrogens (tertiary/aromatic N) is 4. The molecular formula is C18H22Cl3N5. The monoisotopic (exact) mass is 413 g/mol. The third-order valence-electron chi connectivity index (χ3n) is 4.48. The first-order chi connectivity index (χ1) is 12.3. The molecule has 1 atom stereocenters. The largest absolute Gasteiger partial charge is 0.350 e. The predicted molar refractivity (Wildman–Crippen MR) is 108 cm³/mol. The van der Waals surface area contributed by atoms with E-state index in [0.29, 0.717) is 11.8 Å². The number of hydrogen-bond donors (Lipinski definition) is 1. The molecular weight excluding hydrogens is 393 g/mol. The maximum atomic E-state index is 6.05. The number of aryl methyl sites for hydroxylation is 1. The fraction of sp³-hybridized carbons (Fsp3) is 0.500. The van der Waals surface area contributed by atoms with Gasteiger partial charge in [-0.25, -0.2) is 4.98 Å². The van der Waals surface area contributed by atoms with E-state index in [1.807, 2.05) is 31.2 Å². The normalized spacial score (nSPS) is 18.7. The average molecular weight is 415 g/mol. The lowest BCUT2D eigenvalue weighted by molar-refractivity contribution is 0.226. The summed E-state index contributed by atoms with van der Waals surface area (Å²) in [7, 11) is 0. The molecule has 1 fully saturated rings. The van der Waals surface area contributed by atoms with Crippen molar-refractivity contribution in [3.05, 3.63) is 35.7 Å². The van der Waals surface area contributed by atoms with E-state index in [-0.39, 0.29) is 11.9 Å². The molecule has 1 saturated heterocycles. The van der Waals surface area contributed by atoms with Crippen molar-refractivity contribution in [2.75, 3.05) is 25.0 Å². The van der Waals surface area contributed by atoms with Crippen molar-refractivity contribution in [1.29, 1.82) is 0 Å². The van der Waals surface area contributed by atoms with Crippen LogP contribution in [0.4, 0.5) is 5.95 Å². The minimum absolute atomic E-state index is 0.124. The summed E-state index contributed by atoms with van der Waals surface area (Å²) >= 11 is 18.1. The van der Waals surface area contributed by atoms with Crippen molar-refractivity contribution >= 4 is 40.8 Å². The van der Waals surface area contributed by atoms with E-state index in [1.54, 1.807) is 0 Å². The maximum absolute atomic E-state index is 6.05. The van der Waals surface area contributed by atoms with Crippen LogP contribution in [0, 0.1) is 6.92 Å². The predicted octanol–water partition coefficient (Wildman–Crippen LogP) is 4.57. The average Bonchev–Trinajstić information content (AvgIpc) is 2.61. The Hall–Kier alpha value is -1.14. The first kappa shape index (κ1) is 19.6. The second kappa shape index (κ2) is 8.26. The zero-order chi connectivity index (χ0) is 18.7. The lowest BCUT2D eigenvalue weighted by Crippen LogP contribution is -2.42. The molecule has 8 heteroatoms. The number of aromatic nitrogens is 3. The standard InChI is InChI=1S/C18H22Cl3N5/c1-3-26-10-4-5-14(11-26)22-17-24-15(13-8-6-12(2)7-9-13)23-16(25-17)18(19,20)21/h6-9,14H,3-5,10-11H2,1-2H3,(H,22,23,24,25). The van der Waals surface area contributed by atoms with Gasteiger partial charge in [-0.15, -0.1) is 0 Å². The zero-order valence-electron chi connectivity index (χ0n) is 14.8. The number of likely N-dealkylation sites (N-methyl/N-ethyl adjacent to an activating group) is 1. The Balaban J connectivity index is 1.91. The third-order valence-corrected chi connectivity index (χ3v) is 4.99. The number of likely N-dealkylation sites (tertiary alicyclic amines) is 1. The van der Waals surface area contributed by atoms with E-state index in [9.17, 15) is 0 Å². The van der Waals surface area contributed by atoms with Gasteiger partial charge in [0.25, 0.3) is 0 Å². The molecule has 1 aliphatic rings. The second-order valence-corrected chi connectivity index (χ2v) is 8.83. The Morgan fingerprint density at radius 1 is 1.15 bits per heavy atom. The molecule has 0 amide bonds. The molecule has 26 heavy (non-hydrogen) atoms. The molecule has 1 unspecified atom stereocenters. The molecule has 0 aliphatic carbocycles. The fourth-order valence-electron chi connectivity index (χ4n) is 3.04. The van der Waals surface area contributed by atoms with Crippen LogP contribution >= 0.6 is 34.8 Å². The van der Waals surface area contributed by atoms with Crippen molar-refractivity contribution < 1.29 is 0 Å². The number of halogens is 3. The number of benzene rings is 1. The summed E-state index contributed by atoms with van der Waals surface area (Å²) in [5, 5.41) is 3.40. The molecule has 0 bridgehead atoms. The Morgan fingerprint density at radius 2 is 1.88 bits per heavy atom. The number of alkyl halides is 3. The number of nitrogens with one attached hydrogen (secondary N) is 1. The van der Waals surface area contributed by atoms with Gasteiger partial charge in [0.1, 0.15) is 0 Å². The molecule has 2 aromatic rings. The summed E-state index contributed by atoms with van der Waals surface area (Å²) in [6, 6.07) is 8.18. The van der Waals surface area contributed by atoms with E-state index < -0.39 is 3.79 Å². The smallest absolute Gasteiger partial charge is 0.250 e. The van der Waals surface area contributed by atoms with E-state index in [2.05, 4.69) is 32.1 Å². The first-order valence-electron chi connectivity index (χ1n) is 8.74. The highest BCUT2D eigenvalue weighted by Gasteiger charge is 2.29. The van der Waals surface area contributed by atoms with Crippen molar-refractivity contribution in [3.8, 4) is 11.4 Å². The molecule has 3 rings (SSSR count). The number of hydrogen-bond acceptors (Lipinski definition) is 5. The van der Waals surface area contributed by atoms with Crippen LogP contribution < -0.4 is 5.32 Å². The van der Waals surface area contributed by atoms with Crippen molar-refractivity contribution in [1.82, 2.24) is 19.9 Å². The number of piperidine rings is 1. The molecule has 0 radical (unpaired) electrons. The molecule has 1 aromatic carbocycles. The molecule has 5 nitrogen and oxygen atoms in total. The van der Waals surface area contributed by atoms with E-state index in [1.165, 1.54) is 0 Å². The summed E-state index contributed by atoms with van der Waals surface area (Å²) in [4.78, 5) is 15.7. The van der Waals surface area contributed by atoms with Crippen LogP contribution in [-0.4, -0.2) is 45.5 Å². The zero-order valence-corrected chi connectivity index (χ0v) is 17.1. The Morgan fingerprint density at radius 3 is 2.54 bits per heavy atom. The van der Waals surface area contributed by atoms with Crippen LogP contribution in [0.25, 0.3) is 11.4 Å². The van der Waals surface area contributed by atoms with Crippen LogP contribution in [0.1, 0.15) is 31.2 Å². The Labute approximate surface area is 169 Å². The van der Waals surface area contributed by atoms with Crippen LogP contribution in [0.3, 0.4) is 0 Å². The second-order valence-electron chi connectivity index (χ2n) is 6.55. The molecule has 1 aromatic heterocycles. The molecule has 0 spiro atoms. The number of rotatable bonds is 4. The Bertz CT molecular complexity index is 745. The third kappa shape index (κ3) is 4.97. The molecule has 2 heterocycles. The minimum atomic E-state index is -1.71. The van der Waals surface area contributed by atoms with Crippen LogP contribution in [0.15, 0.2) is 24.3 Å². The van der Waals surface area contributed by atoms with Gasteiger partial charge in [0.15, 0.2) is 11.6 Å². The van der Waals surface area contributed by atoms with Gasteiger partial charge in [-0.3, -0.25) is 0 Å². The summed E-state index contributed by atoms with van der Waals surface area (Å²) < 4.78 is -1.71. The van der Waals surface area contributed by atoms with Crippen molar-refractivity contribution in [2.24, 2.45) is 0 Å². The lowest BCUT2D eigenvalue weighted by Gasteiger charge is -2.32. The lowest BCUT2D eigenvalue weighted by atomic mass is 10.1. The summed E-state index contributed by atoms with van der Waals surface area (Å²) in [5.41, 5.74) is 2.01. The van der Waals surface area contributed by atoms with Crippen molar-refractivity contribution in [2.45, 2.75) is 36.5 Å². The van der Waals surface area contributed by atoms with Crippen LogP contribution in [-0.2, 0) is 3.79 Å². The maximum Gasteiger partial charge on any atom is 0.250 e. The van der Waals surface area contributed by atoms with Gasteiger partial charge in [0.05, 0.1) is 0 Å². The van der Waals surface area contributed by atoms with Gasteiger partial charge >= 0.3 is 0 Å². The Kier molecular flexibility index (Phi) is 6.23. The van der Waals surface area contributed by atoms with Gasteiger partial charge in [-0.2, -0.15) is 9.97 Å². The molecule has 1 aliphatic heterocycles. The van der Waals surface area contributed by atoms with E-state index in [4.69, 9.17) is 34.8 Å². The fourth-order valence-corrected chi connectivity index (χ4v) is 3.30. The first-order valence-corrected chi connectivity index (χ1v) is 9.87. The van der Waals surface area contributed by atoms with E-state index >= 15 is 0 Å². The van der Waals surface area contributed by atoms with Gasteiger partial charge in [0.2, 0.25) is 9.74 Å². The van der Waals surface area contributed by atoms with Gasteiger partial charge in [-0.05, 0) is 32.9 Å². The van der Waals surface area contributed by atoms with Crippen molar-refractivity contribution in [3.63, 3.8) is 0 Å². The summed E-state index contributed by atoms with van der Waals surface area (Å²) in [5.74, 6) is 1.06. The minimum Gasteiger partial charge on any atom is -0.350 e. The topological polar surface area (TPSA) is 53.9 Å². The SMILES string of the molecule is CCN1CCCC(Nc2nc(-c3ccc(C)cc3)nc(C(Cl)(Cl)Cl)n2)C1. The molecule has 1 N–H and O–H groups in total. The van der Waals surface area contributed by atoms with Crippen LogP contribution in [0.5, 0.6) is 0 Å². The summed E-state index contributed by atoms with van der Waals surface area (Å²) in [6.45, 7) is 7.30. The van der Waals surface area contributed by atoms with Gasteiger partial charge < -0.3 is 10.2 Å². The highest BCUT2D eigenvalue weighted by atomic mass is 35.6. The quantitative estimate of drug-likeness (QED) is 0.743. The van der Waals surface area contributed by atoms with Gasteiger partial charge in [-0.1, -0.05) is 71.6 Å². The molecule has 0 saturated carbocycles. The van der Waals surface area contributed by atoms with Crippen LogP contribution in [0.2, 0.25) is 0 Å².